The smallest absolute Gasteiger partial charge is 0.364 e. The molecule has 41 heavy (non-hydrogen) atoms. The van der Waals surface area contributed by atoms with Crippen LogP contribution < -0.4 is 14.8 Å². The van der Waals surface area contributed by atoms with Crippen molar-refractivity contribution in [2.75, 3.05) is 26.9 Å². The van der Waals surface area contributed by atoms with Crippen molar-refractivity contribution in [1.29, 1.82) is 0 Å². The van der Waals surface area contributed by atoms with Gasteiger partial charge in [-0.15, -0.1) is 0 Å². The zero-order valence-electron chi connectivity index (χ0n) is 21.8. The fraction of sp³-hybridized carbons (Fsp3) is 0.667. The molecular formula is C24H35NO16. The largest absolute Gasteiger partial charge is 0.497 e. The summed E-state index contributed by atoms with van der Waals surface area (Å²) in [4.78, 5) is 24.3. The van der Waals surface area contributed by atoms with E-state index in [1.54, 1.807) is 0 Å². The number of carbonyl (C=O) groups excluding carboxylic acids is 1. The standard InChI is InChI=1S/C24H35NO16/c1-37-10-2-4-11(5-3-10)38-22-19(34)21(18(33)14(8-27)39-22)41-24(23(35)36)6-12(29)16(25-15(31)9-28)20(40-24)17(32)13(30)7-26/h2-5,12-14,16-22,26-30,32-34H,6-9H2,1H3,(H,25,31)(H,35,36)/t12-,13-,14+,16-,17-,18+,19+,20-,21+,22-,24+/m1/s1. The van der Waals surface area contributed by atoms with Gasteiger partial charge < -0.3 is 75.0 Å². The van der Waals surface area contributed by atoms with Crippen molar-refractivity contribution in [1.82, 2.24) is 5.32 Å². The molecular weight excluding hydrogens is 558 g/mol. The van der Waals surface area contributed by atoms with Crippen LogP contribution in [-0.2, 0) is 23.8 Å². The van der Waals surface area contributed by atoms with Crippen LogP contribution in [-0.4, -0.2) is 152 Å². The van der Waals surface area contributed by atoms with Crippen LogP contribution in [0, 0.1) is 0 Å². The monoisotopic (exact) mass is 593 g/mol. The van der Waals surface area contributed by atoms with Gasteiger partial charge in [0.05, 0.1) is 32.5 Å². The lowest BCUT2D eigenvalue weighted by Gasteiger charge is -2.49. The highest BCUT2D eigenvalue weighted by Crippen LogP contribution is 2.37. The summed E-state index contributed by atoms with van der Waals surface area (Å²) in [5, 5.41) is 93.6. The number of benzene rings is 1. The molecule has 17 heteroatoms. The summed E-state index contributed by atoms with van der Waals surface area (Å²) in [5.74, 6) is -5.24. The number of ether oxygens (including phenoxy) is 5. The number of hydrogen-bond acceptors (Lipinski definition) is 15. The molecule has 2 aliphatic rings. The third-order valence-electron chi connectivity index (χ3n) is 6.75. The molecule has 17 nitrogen and oxygen atoms in total. The zero-order chi connectivity index (χ0) is 30.5. The number of nitrogens with one attached hydrogen (secondary N) is 1. The first-order valence-electron chi connectivity index (χ1n) is 12.5. The first-order valence-corrected chi connectivity index (χ1v) is 12.5. The summed E-state index contributed by atoms with van der Waals surface area (Å²) >= 11 is 0. The van der Waals surface area contributed by atoms with Gasteiger partial charge in [-0.3, -0.25) is 4.79 Å². The number of aliphatic hydroxyl groups excluding tert-OH is 8. The molecule has 0 aliphatic carbocycles. The molecule has 2 saturated heterocycles. The maximum absolute atomic E-state index is 12.5. The third-order valence-corrected chi connectivity index (χ3v) is 6.75. The number of carbonyl (C=O) groups is 2. The highest BCUT2D eigenvalue weighted by Gasteiger charge is 2.59. The van der Waals surface area contributed by atoms with Gasteiger partial charge in [-0.05, 0) is 24.3 Å². The minimum absolute atomic E-state index is 0.155. The van der Waals surface area contributed by atoms with Gasteiger partial charge in [0, 0.05) is 6.42 Å². The van der Waals surface area contributed by atoms with Crippen molar-refractivity contribution in [2.24, 2.45) is 0 Å². The Balaban J connectivity index is 1.94. The normalized spacial score (nSPS) is 35.2. The quantitative estimate of drug-likeness (QED) is 0.109. The fourth-order valence-corrected chi connectivity index (χ4v) is 4.54. The summed E-state index contributed by atoms with van der Waals surface area (Å²) < 4.78 is 27.2. The number of aliphatic carboxylic acids is 1. The average molecular weight is 594 g/mol. The van der Waals surface area contributed by atoms with Gasteiger partial charge in [-0.25, -0.2) is 4.79 Å². The van der Waals surface area contributed by atoms with Crippen LogP contribution in [0.25, 0.3) is 0 Å². The molecule has 11 atom stereocenters. The van der Waals surface area contributed by atoms with E-state index in [0.717, 1.165) is 0 Å². The lowest BCUT2D eigenvalue weighted by molar-refractivity contribution is -0.363. The Bertz CT molecular complexity index is 1010. The van der Waals surface area contributed by atoms with Crippen LogP contribution >= 0.6 is 0 Å². The van der Waals surface area contributed by atoms with Crippen molar-refractivity contribution in [3.8, 4) is 11.5 Å². The van der Waals surface area contributed by atoms with Crippen LogP contribution in [0.3, 0.4) is 0 Å². The van der Waals surface area contributed by atoms with E-state index < -0.39 is 105 Å². The van der Waals surface area contributed by atoms with Gasteiger partial charge in [0.2, 0.25) is 12.2 Å². The summed E-state index contributed by atoms with van der Waals surface area (Å²) in [7, 11) is 1.44. The van der Waals surface area contributed by atoms with Gasteiger partial charge in [0.15, 0.2) is 0 Å². The van der Waals surface area contributed by atoms with Crippen LogP contribution in [0.15, 0.2) is 24.3 Å². The van der Waals surface area contributed by atoms with Gasteiger partial charge >= 0.3 is 5.97 Å². The molecule has 2 fully saturated rings. The fourth-order valence-electron chi connectivity index (χ4n) is 4.54. The molecule has 10 N–H and O–H groups in total. The molecule has 0 bridgehead atoms. The van der Waals surface area contributed by atoms with E-state index >= 15 is 0 Å². The number of carboxylic acid groups (broad SMARTS) is 1. The Kier molecular flexibility index (Phi) is 11.2. The molecule has 0 aromatic heterocycles. The predicted octanol–water partition coefficient (Wildman–Crippen LogP) is -4.98. The van der Waals surface area contributed by atoms with Crippen molar-refractivity contribution in [2.45, 2.75) is 73.4 Å². The van der Waals surface area contributed by atoms with Gasteiger partial charge in [0.25, 0.3) is 5.79 Å². The molecule has 2 heterocycles. The minimum atomic E-state index is -2.94. The molecule has 3 rings (SSSR count). The van der Waals surface area contributed by atoms with E-state index in [4.69, 9.17) is 28.8 Å². The van der Waals surface area contributed by atoms with Crippen LogP contribution in [0.2, 0.25) is 0 Å². The van der Waals surface area contributed by atoms with E-state index in [1.807, 2.05) is 0 Å². The molecule has 0 spiro atoms. The maximum Gasteiger partial charge on any atom is 0.364 e. The molecule has 1 aromatic carbocycles. The van der Waals surface area contributed by atoms with E-state index in [1.165, 1.54) is 31.4 Å². The van der Waals surface area contributed by atoms with Crippen LogP contribution in [0.4, 0.5) is 0 Å². The van der Waals surface area contributed by atoms with Gasteiger partial charge in [-0.1, -0.05) is 0 Å². The number of methoxy groups -OCH3 is 1. The number of aliphatic hydroxyl groups is 8. The molecule has 0 saturated carbocycles. The number of amides is 1. The topological polar surface area (TPSA) is 274 Å². The lowest BCUT2D eigenvalue weighted by atomic mass is 9.88. The molecule has 1 amide bonds. The Labute approximate surface area is 233 Å². The highest BCUT2D eigenvalue weighted by molar-refractivity contribution is 5.78. The van der Waals surface area contributed by atoms with Crippen molar-refractivity contribution in [3.63, 3.8) is 0 Å². The molecule has 1 aromatic rings. The number of rotatable bonds is 12. The minimum Gasteiger partial charge on any atom is -0.497 e. The SMILES string of the molecule is COc1ccc(O[C@@H]2O[C@@H](CO)[C@H](O)[C@H](O[C@]3(C(=O)O)C[C@@H](O)[C@@H](NC(=O)CO)[C@H]([C@H](O)[C@H](O)CO)O3)[C@@H]2O)cc1. The summed E-state index contributed by atoms with van der Waals surface area (Å²) in [5.41, 5.74) is 0. The second kappa shape index (κ2) is 14.0. The van der Waals surface area contributed by atoms with E-state index in [2.05, 4.69) is 5.32 Å². The summed E-state index contributed by atoms with van der Waals surface area (Å²) in [6.45, 7) is -2.90. The van der Waals surface area contributed by atoms with Crippen molar-refractivity contribution in [3.05, 3.63) is 24.3 Å². The third kappa shape index (κ3) is 7.22. The number of hydrogen-bond donors (Lipinski definition) is 10. The maximum atomic E-state index is 12.5. The Morgan fingerprint density at radius 2 is 1.71 bits per heavy atom. The molecule has 0 radical (unpaired) electrons. The van der Waals surface area contributed by atoms with E-state index in [9.17, 15) is 50.4 Å². The average Bonchev–Trinajstić information content (AvgIpc) is 2.97. The van der Waals surface area contributed by atoms with Gasteiger partial charge in [-0.2, -0.15) is 0 Å². The van der Waals surface area contributed by atoms with Crippen LogP contribution in [0.1, 0.15) is 6.42 Å². The molecule has 232 valence electrons. The van der Waals surface area contributed by atoms with Gasteiger partial charge in [0.1, 0.15) is 60.8 Å². The lowest BCUT2D eigenvalue weighted by Crippen LogP contribution is -2.70. The van der Waals surface area contributed by atoms with E-state index in [-0.39, 0.29) is 5.75 Å². The summed E-state index contributed by atoms with van der Waals surface area (Å²) in [6, 6.07) is 4.38. The van der Waals surface area contributed by atoms with Crippen molar-refractivity contribution >= 4 is 11.9 Å². The summed E-state index contributed by atoms with van der Waals surface area (Å²) in [6.07, 6.45) is -17.6. The first kappa shape index (κ1) is 32.8. The Morgan fingerprint density at radius 3 is 2.24 bits per heavy atom. The van der Waals surface area contributed by atoms with E-state index in [0.29, 0.717) is 5.75 Å². The Hall–Kier alpha value is -2.68. The molecule has 2 aliphatic heterocycles. The van der Waals surface area contributed by atoms with Crippen molar-refractivity contribution < 1.29 is 79.2 Å². The molecule has 0 unspecified atom stereocenters. The number of carboxylic acids is 1. The second-order valence-electron chi connectivity index (χ2n) is 9.49. The second-order valence-corrected chi connectivity index (χ2v) is 9.49. The predicted molar refractivity (Wildman–Crippen MR) is 130 cm³/mol. The van der Waals surface area contributed by atoms with Crippen LogP contribution in [0.5, 0.6) is 11.5 Å². The zero-order valence-corrected chi connectivity index (χ0v) is 21.8. The Morgan fingerprint density at radius 1 is 1.07 bits per heavy atom. The first-order chi connectivity index (χ1) is 19.4. The highest BCUT2D eigenvalue weighted by atomic mass is 16.8.